The molecule has 4 rings (SSSR count). The first-order chi connectivity index (χ1) is 23.5. The van der Waals surface area contributed by atoms with Crippen molar-refractivity contribution in [2.45, 2.75) is 90.9 Å². The number of ether oxygens (including phenoxy) is 2. The van der Waals surface area contributed by atoms with E-state index in [-0.39, 0.29) is 17.1 Å². The Labute approximate surface area is 284 Å². The van der Waals surface area contributed by atoms with Crippen molar-refractivity contribution in [1.82, 2.24) is 9.97 Å². The van der Waals surface area contributed by atoms with E-state index in [1.165, 1.54) is 51.4 Å². The summed E-state index contributed by atoms with van der Waals surface area (Å²) < 4.78 is 44.1. The summed E-state index contributed by atoms with van der Waals surface area (Å²) in [5.74, 6) is 0.664. The van der Waals surface area contributed by atoms with Gasteiger partial charge in [-0.2, -0.15) is 0 Å². The molecule has 2 heterocycles. The Morgan fingerprint density at radius 3 is 1.60 bits per heavy atom. The van der Waals surface area contributed by atoms with Crippen LogP contribution >= 0.6 is 0 Å². The lowest BCUT2D eigenvalue weighted by molar-refractivity contribution is 0.104. The van der Waals surface area contributed by atoms with Crippen molar-refractivity contribution in [2.24, 2.45) is 0 Å². The lowest BCUT2D eigenvalue weighted by Crippen LogP contribution is -2.07. The van der Waals surface area contributed by atoms with Gasteiger partial charge in [0.15, 0.2) is 0 Å². The van der Waals surface area contributed by atoms with E-state index in [1.54, 1.807) is 24.3 Å². The maximum absolute atomic E-state index is 13.5. The summed E-state index contributed by atoms with van der Waals surface area (Å²) in [4.78, 5) is 19.6. The molecular weight excluding hydrogens is 609 g/mol. The first-order valence-corrected chi connectivity index (χ1v) is 17.5. The molecule has 0 bridgehead atoms. The van der Waals surface area contributed by atoms with Gasteiger partial charge in [0.2, 0.25) is 5.78 Å². The van der Waals surface area contributed by atoms with E-state index < -0.39 is 13.3 Å². The molecule has 0 amide bonds. The summed E-state index contributed by atoms with van der Waals surface area (Å²) in [6.07, 6.45) is 15.1. The first kappa shape index (κ1) is 36.6. The number of nitrogens with one attached hydrogen (secondary N) is 2. The third-order valence-corrected chi connectivity index (χ3v) is 8.25. The van der Waals surface area contributed by atoms with Crippen LogP contribution in [0, 0.1) is 0 Å². The van der Waals surface area contributed by atoms with Gasteiger partial charge in [-0.3, -0.25) is 4.79 Å². The molecule has 9 heteroatoms. The summed E-state index contributed by atoms with van der Waals surface area (Å²) >= 11 is 0. The number of hydrogen-bond acceptors (Lipinski definition) is 4. The smallest absolute Gasteiger partial charge is 0.503 e. The van der Waals surface area contributed by atoms with Crippen LogP contribution in [0.2, 0.25) is 0 Å². The Morgan fingerprint density at radius 1 is 0.625 bits per heavy atom. The highest BCUT2D eigenvalue weighted by Gasteiger charge is 2.23. The summed E-state index contributed by atoms with van der Waals surface area (Å²) in [5.41, 5.74) is 3.47. The lowest BCUT2D eigenvalue weighted by atomic mass is 10.1. The zero-order valence-electron chi connectivity index (χ0n) is 28.4. The number of ketones is 1. The number of aromatic amines is 2. The van der Waals surface area contributed by atoms with Crippen molar-refractivity contribution in [1.29, 1.82) is 0 Å². The van der Waals surface area contributed by atoms with Gasteiger partial charge in [0, 0.05) is 28.6 Å². The van der Waals surface area contributed by atoms with Crippen LogP contribution in [0.3, 0.4) is 0 Å². The second-order valence-electron chi connectivity index (χ2n) is 12.0. The Kier molecular flexibility index (Phi) is 15.4. The summed E-state index contributed by atoms with van der Waals surface area (Å²) in [6.45, 7) is 5.62. The Balaban J connectivity index is 1.44. The lowest BCUT2D eigenvalue weighted by Gasteiger charge is -2.11. The van der Waals surface area contributed by atoms with Gasteiger partial charge in [0.1, 0.15) is 17.3 Å². The molecule has 0 aliphatic heterocycles. The van der Waals surface area contributed by atoms with Gasteiger partial charge in [-0.1, -0.05) is 102 Å². The van der Waals surface area contributed by atoms with Crippen LogP contribution in [0.1, 0.15) is 107 Å². The number of para-hydroxylation sites is 2. The standard InChI is InChI=1S/C39H49BF2N2O4/c1-3-5-7-9-11-17-27-46-37-21-15-13-19-30(37)32-23-25-34(43-32)36(45)29-39(48-40(41)42)35-26-24-33(44-35)31-20-14-16-22-38(31)47-28-18-12-10-8-6-4-2/h13-16,19-26,29,43-44H,3-12,17-18,27-28H2,1-2H3/b39-29+. The summed E-state index contributed by atoms with van der Waals surface area (Å²) in [6, 6.07) is 22.1. The van der Waals surface area contributed by atoms with Crippen molar-refractivity contribution in [3.63, 3.8) is 0 Å². The number of aromatic nitrogens is 2. The molecule has 0 saturated heterocycles. The molecule has 0 aliphatic rings. The topological polar surface area (TPSA) is 76.3 Å². The molecule has 6 nitrogen and oxygen atoms in total. The molecule has 2 aromatic heterocycles. The van der Waals surface area contributed by atoms with E-state index in [1.807, 2.05) is 48.5 Å². The number of unbranched alkanes of at least 4 members (excludes halogenated alkanes) is 10. The molecular formula is C39H49BF2N2O4. The van der Waals surface area contributed by atoms with E-state index in [0.29, 0.717) is 30.4 Å². The fourth-order valence-corrected chi connectivity index (χ4v) is 5.62. The summed E-state index contributed by atoms with van der Waals surface area (Å²) in [7, 11) is -3.11. The predicted octanol–water partition coefficient (Wildman–Crippen LogP) is 11.3. The molecule has 4 aromatic rings. The first-order valence-electron chi connectivity index (χ1n) is 17.5. The van der Waals surface area contributed by atoms with Gasteiger partial charge in [-0.05, 0) is 61.4 Å². The largest absolute Gasteiger partial charge is 0.796 e. The van der Waals surface area contributed by atoms with Crippen molar-refractivity contribution < 1.29 is 27.6 Å². The molecule has 0 atom stereocenters. The van der Waals surface area contributed by atoms with E-state index in [0.717, 1.165) is 48.6 Å². The molecule has 2 aromatic carbocycles. The van der Waals surface area contributed by atoms with Crippen LogP contribution in [-0.2, 0) is 4.65 Å². The van der Waals surface area contributed by atoms with Crippen molar-refractivity contribution in [3.05, 3.63) is 90.3 Å². The van der Waals surface area contributed by atoms with E-state index in [2.05, 4.69) is 23.8 Å². The van der Waals surface area contributed by atoms with Gasteiger partial charge in [0.05, 0.1) is 24.6 Å². The van der Waals surface area contributed by atoms with Crippen LogP contribution in [0.4, 0.5) is 8.63 Å². The number of carbonyl (C=O) groups is 1. The van der Waals surface area contributed by atoms with Crippen LogP contribution in [0.5, 0.6) is 11.5 Å². The van der Waals surface area contributed by atoms with Crippen LogP contribution in [0.25, 0.3) is 28.3 Å². The number of hydrogen-bond donors (Lipinski definition) is 2. The fourth-order valence-electron chi connectivity index (χ4n) is 5.62. The average molecular weight is 659 g/mol. The Morgan fingerprint density at radius 2 is 1.08 bits per heavy atom. The minimum absolute atomic E-state index is 0.242. The van der Waals surface area contributed by atoms with Crippen LogP contribution < -0.4 is 9.47 Å². The van der Waals surface area contributed by atoms with E-state index >= 15 is 0 Å². The van der Waals surface area contributed by atoms with Gasteiger partial charge in [0.25, 0.3) is 0 Å². The SMILES string of the molecule is CCCCCCCCOc1ccccc1-c1ccc(C(=O)/C=C(/OB(F)F)c2ccc(-c3ccccc3OCCCCCCCC)[nH]2)[nH]1. The number of rotatable bonds is 23. The number of carbonyl (C=O) groups excluding carboxylic acids is 1. The molecule has 0 unspecified atom stereocenters. The van der Waals surface area contributed by atoms with E-state index in [9.17, 15) is 13.4 Å². The van der Waals surface area contributed by atoms with Crippen LogP contribution in [0.15, 0.2) is 78.9 Å². The third-order valence-electron chi connectivity index (χ3n) is 8.25. The molecule has 0 fully saturated rings. The highest BCUT2D eigenvalue weighted by atomic mass is 19.2. The average Bonchev–Trinajstić information content (AvgIpc) is 3.79. The molecule has 0 radical (unpaired) electrons. The second kappa shape index (κ2) is 20.2. The monoisotopic (exact) mass is 658 g/mol. The van der Waals surface area contributed by atoms with Crippen molar-refractivity contribution >= 4 is 19.0 Å². The van der Waals surface area contributed by atoms with Crippen molar-refractivity contribution in [2.75, 3.05) is 13.2 Å². The highest BCUT2D eigenvalue weighted by molar-refractivity contribution is 6.36. The van der Waals surface area contributed by atoms with Gasteiger partial charge < -0.3 is 24.1 Å². The van der Waals surface area contributed by atoms with Gasteiger partial charge in [-0.25, -0.2) is 8.63 Å². The Hall–Kier alpha value is -4.27. The predicted molar refractivity (Wildman–Crippen MR) is 192 cm³/mol. The minimum Gasteiger partial charge on any atom is -0.503 e. The molecule has 0 saturated carbocycles. The fraction of sp³-hybridized carbons (Fsp3) is 0.410. The maximum Gasteiger partial charge on any atom is 0.796 e. The number of halogens is 2. The number of benzene rings is 2. The molecule has 2 N–H and O–H groups in total. The van der Waals surface area contributed by atoms with Crippen molar-refractivity contribution in [3.8, 4) is 34.0 Å². The van der Waals surface area contributed by atoms with Crippen LogP contribution in [-0.4, -0.2) is 36.4 Å². The molecule has 256 valence electrons. The Bertz CT molecular complexity index is 1560. The highest BCUT2D eigenvalue weighted by Crippen LogP contribution is 2.32. The second-order valence-corrected chi connectivity index (χ2v) is 12.0. The quantitative estimate of drug-likeness (QED) is 0.0273. The normalized spacial score (nSPS) is 11.5. The zero-order valence-corrected chi connectivity index (χ0v) is 28.4. The number of H-pyrrole nitrogens is 2. The number of allylic oxidation sites excluding steroid dienone is 1. The minimum atomic E-state index is -3.11. The molecule has 0 aliphatic carbocycles. The maximum atomic E-state index is 13.5. The van der Waals surface area contributed by atoms with Gasteiger partial charge in [-0.15, -0.1) is 0 Å². The molecule has 48 heavy (non-hydrogen) atoms. The molecule has 0 spiro atoms. The van der Waals surface area contributed by atoms with Gasteiger partial charge >= 0.3 is 7.47 Å². The van der Waals surface area contributed by atoms with E-state index in [4.69, 9.17) is 14.1 Å². The third kappa shape index (κ3) is 11.5. The zero-order chi connectivity index (χ0) is 34.0. The summed E-state index contributed by atoms with van der Waals surface area (Å²) in [5, 5.41) is 0.